The molecule has 1 aliphatic rings. The van der Waals surface area contributed by atoms with Crippen LogP contribution in [0.4, 0.5) is 4.79 Å². The average Bonchev–Trinajstić information content (AvgIpc) is 3.18. The van der Waals surface area contributed by atoms with E-state index >= 15 is 0 Å². The number of imide groups is 1. The molecule has 2 N–H and O–H groups in total. The van der Waals surface area contributed by atoms with Crippen molar-refractivity contribution < 1.29 is 19.1 Å². The molecule has 1 aliphatic heterocycles. The van der Waals surface area contributed by atoms with E-state index in [0.29, 0.717) is 31.5 Å². The molecule has 1 saturated heterocycles. The predicted molar refractivity (Wildman–Crippen MR) is 128 cm³/mol. The maximum absolute atomic E-state index is 12.2. The lowest BCUT2D eigenvalue weighted by Crippen LogP contribution is -2.34. The van der Waals surface area contributed by atoms with Crippen LogP contribution >= 0.6 is 0 Å². The van der Waals surface area contributed by atoms with E-state index in [9.17, 15) is 14.4 Å². The van der Waals surface area contributed by atoms with Gasteiger partial charge in [0.2, 0.25) is 5.91 Å². The molecule has 1 fully saturated rings. The predicted octanol–water partition coefficient (Wildman–Crippen LogP) is 3.94. The van der Waals surface area contributed by atoms with E-state index in [4.69, 9.17) is 4.74 Å². The van der Waals surface area contributed by atoms with E-state index in [0.717, 1.165) is 37.7 Å². The lowest BCUT2D eigenvalue weighted by atomic mass is 10.0. The van der Waals surface area contributed by atoms with Crippen LogP contribution in [0.25, 0.3) is 11.3 Å². The third-order valence-electron chi connectivity index (χ3n) is 5.59. The first-order valence-electron chi connectivity index (χ1n) is 12.0. The summed E-state index contributed by atoms with van der Waals surface area (Å²) >= 11 is 0. The first-order chi connectivity index (χ1) is 16.2. The zero-order chi connectivity index (χ0) is 24.6. The molecule has 3 amide bonds. The number of nitrogens with zero attached hydrogens (tertiary/aromatic N) is 3. The van der Waals surface area contributed by atoms with Gasteiger partial charge in [-0.3, -0.25) is 14.9 Å². The smallest absolute Gasteiger partial charge is 0.407 e. The van der Waals surface area contributed by atoms with Crippen LogP contribution in [0.1, 0.15) is 77.3 Å². The molecule has 1 aromatic carbocycles. The number of ether oxygens (including phenoxy) is 1. The van der Waals surface area contributed by atoms with Crippen LogP contribution in [-0.4, -0.2) is 45.0 Å². The number of aromatic nitrogens is 3. The number of carbonyl (C=O) groups excluding carboxylic acids is 3. The molecule has 0 bridgehead atoms. The number of carbonyl (C=O) groups is 3. The van der Waals surface area contributed by atoms with Gasteiger partial charge in [-0.05, 0) is 58.4 Å². The van der Waals surface area contributed by atoms with Crippen molar-refractivity contribution in [2.24, 2.45) is 0 Å². The van der Waals surface area contributed by atoms with Crippen molar-refractivity contribution >= 4 is 17.9 Å². The summed E-state index contributed by atoms with van der Waals surface area (Å²) in [5.74, 6) is -0.559. The Morgan fingerprint density at radius 3 is 2.62 bits per heavy atom. The van der Waals surface area contributed by atoms with Gasteiger partial charge in [0, 0.05) is 18.5 Å². The zero-order valence-electron chi connectivity index (χ0n) is 20.3. The quantitative estimate of drug-likeness (QED) is 0.425. The maximum atomic E-state index is 12.2. The topological polar surface area (TPSA) is 115 Å². The van der Waals surface area contributed by atoms with E-state index in [1.54, 1.807) is 10.9 Å². The van der Waals surface area contributed by atoms with Crippen molar-refractivity contribution in [1.82, 2.24) is 25.6 Å². The number of unbranched alkanes of at least 4 members (excludes halogenated alkanes) is 3. The Balaban J connectivity index is 1.39. The van der Waals surface area contributed by atoms with Crippen molar-refractivity contribution in [3.05, 3.63) is 36.0 Å². The minimum absolute atomic E-state index is 0.235. The highest BCUT2D eigenvalue weighted by Gasteiger charge is 2.27. The number of nitrogens with one attached hydrogen (secondary N) is 2. The van der Waals surface area contributed by atoms with Crippen LogP contribution in [0.3, 0.4) is 0 Å². The van der Waals surface area contributed by atoms with E-state index in [2.05, 4.69) is 33.1 Å². The summed E-state index contributed by atoms with van der Waals surface area (Å²) in [7, 11) is 0. The van der Waals surface area contributed by atoms with Crippen molar-refractivity contribution in [3.8, 4) is 11.3 Å². The molecule has 0 radical (unpaired) electrons. The lowest BCUT2D eigenvalue weighted by molar-refractivity contribution is -0.131. The van der Waals surface area contributed by atoms with Gasteiger partial charge >= 0.3 is 6.09 Å². The number of hydrogen-bond donors (Lipinski definition) is 2. The van der Waals surface area contributed by atoms with Gasteiger partial charge in [0.05, 0.1) is 6.20 Å². The second-order valence-corrected chi connectivity index (χ2v) is 9.69. The Kier molecular flexibility index (Phi) is 8.79. The molecule has 9 nitrogen and oxygen atoms in total. The summed E-state index contributed by atoms with van der Waals surface area (Å²) in [5.41, 5.74) is 2.42. The summed E-state index contributed by atoms with van der Waals surface area (Å²) in [6.45, 7) is 6.18. The van der Waals surface area contributed by atoms with Crippen molar-refractivity contribution in [2.45, 2.75) is 83.8 Å². The zero-order valence-corrected chi connectivity index (χ0v) is 20.3. The number of rotatable bonds is 9. The summed E-state index contributed by atoms with van der Waals surface area (Å²) < 4.78 is 6.77. The highest BCUT2D eigenvalue weighted by molar-refractivity contribution is 5.97. The van der Waals surface area contributed by atoms with Crippen molar-refractivity contribution in [3.63, 3.8) is 0 Å². The molecule has 0 spiro atoms. The first-order valence-corrected chi connectivity index (χ1v) is 12.0. The fourth-order valence-corrected chi connectivity index (χ4v) is 3.84. The molecule has 9 heteroatoms. The largest absolute Gasteiger partial charge is 0.444 e. The summed E-state index contributed by atoms with van der Waals surface area (Å²) in [5, 5.41) is 13.5. The minimum atomic E-state index is -0.508. The van der Waals surface area contributed by atoms with Crippen molar-refractivity contribution in [1.29, 1.82) is 0 Å². The summed E-state index contributed by atoms with van der Waals surface area (Å²) in [6.07, 6.45) is 8.12. The molecule has 3 rings (SSSR count). The summed E-state index contributed by atoms with van der Waals surface area (Å²) in [4.78, 5) is 35.4. The molecule has 0 aliphatic carbocycles. The molecular weight excluding hydrogens is 434 g/mol. The highest BCUT2D eigenvalue weighted by Crippen LogP contribution is 2.22. The third kappa shape index (κ3) is 7.97. The Morgan fingerprint density at radius 2 is 1.88 bits per heavy atom. The van der Waals surface area contributed by atoms with Gasteiger partial charge in [-0.25, -0.2) is 9.48 Å². The van der Waals surface area contributed by atoms with E-state index < -0.39 is 11.6 Å². The number of benzene rings is 1. The Bertz CT molecular complexity index is 978. The standard InChI is InChI=1S/C25H35N5O4/c1-25(2,3)34-24(33)26-16-7-5-4-6-9-18-12-14-19(15-13-18)20-17-30(29-28-20)21-10-8-11-22(31)27-23(21)32/h12-15,17,21H,4-11,16H2,1-3H3,(H,26,33)(H,27,31,32). The van der Waals surface area contributed by atoms with Crippen LogP contribution < -0.4 is 10.6 Å². The SMILES string of the molecule is CC(C)(C)OC(=O)NCCCCCCc1ccc(-c2cn(C3CCCC(=O)NC3=O)nn2)cc1. The van der Waals surface area contributed by atoms with Crippen LogP contribution in [-0.2, 0) is 20.7 Å². The molecule has 1 aromatic heterocycles. The molecule has 34 heavy (non-hydrogen) atoms. The maximum Gasteiger partial charge on any atom is 0.407 e. The van der Waals surface area contributed by atoms with Crippen LogP contribution in [0.15, 0.2) is 30.5 Å². The third-order valence-corrected chi connectivity index (χ3v) is 5.59. The Hall–Kier alpha value is -3.23. The molecule has 0 saturated carbocycles. The molecule has 2 heterocycles. The van der Waals surface area contributed by atoms with E-state index in [1.165, 1.54) is 5.56 Å². The van der Waals surface area contributed by atoms with E-state index in [1.807, 2.05) is 32.9 Å². The number of alkyl carbamates (subject to hydrolysis) is 1. The van der Waals surface area contributed by atoms with E-state index in [-0.39, 0.29) is 17.9 Å². The van der Waals surface area contributed by atoms with Gasteiger partial charge < -0.3 is 10.1 Å². The van der Waals surface area contributed by atoms with Crippen LogP contribution in [0, 0.1) is 0 Å². The molecule has 2 aromatic rings. The number of hydrogen-bond acceptors (Lipinski definition) is 6. The van der Waals surface area contributed by atoms with Gasteiger partial charge in [0.25, 0.3) is 5.91 Å². The number of amides is 3. The van der Waals surface area contributed by atoms with Crippen molar-refractivity contribution in [2.75, 3.05) is 6.54 Å². The van der Waals surface area contributed by atoms with Gasteiger partial charge in [0.15, 0.2) is 0 Å². The fraction of sp³-hybridized carbons (Fsp3) is 0.560. The monoisotopic (exact) mass is 469 g/mol. The van der Waals surface area contributed by atoms with Crippen LogP contribution in [0.5, 0.6) is 0 Å². The van der Waals surface area contributed by atoms with Gasteiger partial charge in [-0.15, -0.1) is 5.10 Å². The van der Waals surface area contributed by atoms with Crippen LogP contribution in [0.2, 0.25) is 0 Å². The minimum Gasteiger partial charge on any atom is -0.444 e. The Morgan fingerprint density at radius 1 is 1.15 bits per heavy atom. The molecule has 1 atom stereocenters. The van der Waals surface area contributed by atoms with Gasteiger partial charge in [-0.2, -0.15) is 0 Å². The molecular formula is C25H35N5O4. The highest BCUT2D eigenvalue weighted by atomic mass is 16.6. The summed E-state index contributed by atoms with van der Waals surface area (Å²) in [6, 6.07) is 7.72. The molecule has 184 valence electrons. The second-order valence-electron chi connectivity index (χ2n) is 9.69. The normalized spacial score (nSPS) is 16.6. The van der Waals surface area contributed by atoms with Gasteiger partial charge in [0.1, 0.15) is 17.3 Å². The van der Waals surface area contributed by atoms with Gasteiger partial charge in [-0.1, -0.05) is 42.3 Å². The fourth-order valence-electron chi connectivity index (χ4n) is 3.84. The average molecular weight is 470 g/mol. The molecule has 1 unspecified atom stereocenters. The Labute approximate surface area is 200 Å². The first kappa shape index (κ1) is 25.4. The lowest BCUT2D eigenvalue weighted by Gasteiger charge is -2.19. The second kappa shape index (κ2) is 11.8. The number of aryl methyl sites for hydroxylation is 1.